The molecule has 0 aliphatic rings. The third-order valence-electron chi connectivity index (χ3n) is 8.19. The van der Waals surface area contributed by atoms with Crippen molar-refractivity contribution in [3.8, 4) is 27.7 Å². The quantitative estimate of drug-likeness (QED) is 0.114. The molecular weight excluding hydrogens is 637 g/mol. The van der Waals surface area contributed by atoms with Crippen LogP contribution in [0.15, 0.2) is 120 Å². The number of carbonyl (C=O) groups excluding carboxylic acids is 1. The van der Waals surface area contributed by atoms with Gasteiger partial charge in [-0.3, -0.25) is 9.69 Å². The van der Waals surface area contributed by atoms with Crippen molar-refractivity contribution in [3.63, 3.8) is 0 Å². The largest absolute Gasteiger partial charge is 0.514 e. The number of para-hydroxylation sites is 1. The first-order valence-corrected chi connectivity index (χ1v) is 16.9. The molecule has 6 rings (SSSR count). The molecule has 2 heterocycles. The van der Waals surface area contributed by atoms with Crippen molar-refractivity contribution in [2.45, 2.75) is 33.1 Å². The normalized spacial score (nSPS) is 11.1. The molecule has 0 saturated carbocycles. The molecule has 0 aliphatic heterocycles. The van der Waals surface area contributed by atoms with Crippen LogP contribution in [0.5, 0.6) is 17.2 Å². The van der Waals surface area contributed by atoms with Crippen LogP contribution >= 0.6 is 11.3 Å². The average Bonchev–Trinajstić information content (AvgIpc) is 3.51. The van der Waals surface area contributed by atoms with Crippen LogP contribution in [-0.2, 0) is 30.9 Å². The van der Waals surface area contributed by atoms with Crippen LogP contribution in [-0.4, -0.2) is 36.4 Å². The lowest BCUT2D eigenvalue weighted by atomic mass is 10.0. The minimum absolute atomic E-state index is 0.0983. The van der Waals surface area contributed by atoms with Gasteiger partial charge in [0.2, 0.25) is 5.43 Å². The van der Waals surface area contributed by atoms with Gasteiger partial charge in [0, 0.05) is 30.1 Å². The molecule has 0 N–H and O–H groups in total. The number of thiophene rings is 1. The second kappa shape index (κ2) is 15.7. The van der Waals surface area contributed by atoms with Crippen LogP contribution in [0.2, 0.25) is 0 Å². The number of hydrogen-bond donors (Lipinski definition) is 0. The Morgan fingerprint density at radius 2 is 1.39 bits per heavy atom. The summed E-state index contributed by atoms with van der Waals surface area (Å²) < 4.78 is 23.7. The van der Waals surface area contributed by atoms with Crippen LogP contribution < -0.4 is 19.6 Å². The van der Waals surface area contributed by atoms with Crippen molar-refractivity contribution < 1.29 is 23.7 Å². The van der Waals surface area contributed by atoms with Gasteiger partial charge in [0.15, 0.2) is 5.75 Å². The van der Waals surface area contributed by atoms with Gasteiger partial charge >= 0.3 is 6.16 Å². The van der Waals surface area contributed by atoms with Crippen LogP contribution in [0.3, 0.4) is 0 Å². The summed E-state index contributed by atoms with van der Waals surface area (Å²) in [6.45, 7) is 3.96. The van der Waals surface area contributed by atoms with Gasteiger partial charge in [0.1, 0.15) is 16.3 Å². The van der Waals surface area contributed by atoms with Crippen molar-refractivity contribution >= 4 is 27.7 Å². The van der Waals surface area contributed by atoms with Gasteiger partial charge in [0.05, 0.1) is 39.0 Å². The van der Waals surface area contributed by atoms with Crippen LogP contribution in [0, 0.1) is 0 Å². The van der Waals surface area contributed by atoms with Crippen molar-refractivity contribution in [2.75, 3.05) is 20.8 Å². The van der Waals surface area contributed by atoms with Gasteiger partial charge in [-0.15, -0.1) is 11.3 Å². The van der Waals surface area contributed by atoms with E-state index in [2.05, 4.69) is 29.2 Å². The van der Waals surface area contributed by atoms with E-state index in [1.54, 1.807) is 27.3 Å². The van der Waals surface area contributed by atoms with E-state index in [4.69, 9.17) is 18.9 Å². The molecule has 9 heteroatoms. The minimum Gasteiger partial charge on any atom is -0.497 e. The number of methoxy groups -OCH3 is 2. The summed E-state index contributed by atoms with van der Waals surface area (Å²) in [7, 11) is 3.27. The first-order chi connectivity index (χ1) is 24.0. The number of ether oxygens (including phenoxy) is 4. The van der Waals surface area contributed by atoms with Crippen LogP contribution in [0.1, 0.15) is 29.2 Å². The zero-order valence-corrected chi connectivity index (χ0v) is 28.6. The van der Waals surface area contributed by atoms with E-state index in [-0.39, 0.29) is 17.8 Å². The molecule has 0 atom stereocenters. The topological polar surface area (TPSA) is 79.2 Å². The summed E-state index contributed by atoms with van der Waals surface area (Å²) in [4.78, 5) is 31.1. The Kier molecular flexibility index (Phi) is 10.7. The van der Waals surface area contributed by atoms with Gasteiger partial charge in [-0.2, -0.15) is 0 Å². The molecule has 2 aromatic heterocycles. The number of fused-ring (bicyclic) bond motifs is 1. The molecular formula is C40H38N2O6S. The Morgan fingerprint density at radius 3 is 2.00 bits per heavy atom. The fourth-order valence-corrected chi connectivity index (χ4v) is 7.21. The highest BCUT2D eigenvalue weighted by Crippen LogP contribution is 2.40. The van der Waals surface area contributed by atoms with Crippen molar-refractivity contribution in [2.24, 2.45) is 0 Å². The predicted molar refractivity (Wildman–Crippen MR) is 194 cm³/mol. The second-order valence-electron chi connectivity index (χ2n) is 11.5. The second-order valence-corrected chi connectivity index (χ2v) is 12.5. The molecule has 0 aliphatic carbocycles. The van der Waals surface area contributed by atoms with Gasteiger partial charge < -0.3 is 23.5 Å². The minimum atomic E-state index is -0.926. The zero-order chi connectivity index (χ0) is 34.2. The van der Waals surface area contributed by atoms with Gasteiger partial charge in [0.25, 0.3) is 0 Å². The fourth-order valence-electron chi connectivity index (χ4n) is 5.92. The zero-order valence-electron chi connectivity index (χ0n) is 27.8. The van der Waals surface area contributed by atoms with E-state index in [1.165, 1.54) is 11.3 Å². The lowest BCUT2D eigenvalue weighted by Crippen LogP contribution is -2.24. The molecule has 0 fully saturated rings. The smallest absolute Gasteiger partial charge is 0.497 e. The number of carbonyl (C=O) groups is 1. The molecule has 250 valence electrons. The average molecular weight is 675 g/mol. The van der Waals surface area contributed by atoms with Crippen molar-refractivity contribution in [3.05, 3.63) is 148 Å². The number of aromatic nitrogens is 1. The maximum atomic E-state index is 14.5. The van der Waals surface area contributed by atoms with Crippen LogP contribution in [0.4, 0.5) is 4.79 Å². The standard InChI is InChI=1S/C40H38N2O6S/c1-4-47-40(44)48-35-27-42(25-31-17-11-12-18-34(31)46-3)39-36(37(35)43)33(38(49-39)30-19-21-32(45-2)22-20-30)26-41(23-28-13-7-5-8-14-28)24-29-15-9-6-10-16-29/h5-22,27H,4,23-26H2,1-3H3. The van der Waals surface area contributed by atoms with Gasteiger partial charge in [-0.25, -0.2) is 4.79 Å². The highest BCUT2D eigenvalue weighted by molar-refractivity contribution is 7.22. The van der Waals surface area contributed by atoms with E-state index < -0.39 is 6.16 Å². The number of hydrogen-bond acceptors (Lipinski definition) is 8. The Balaban J connectivity index is 1.57. The maximum absolute atomic E-state index is 14.5. The molecule has 0 bridgehead atoms. The summed E-state index contributed by atoms with van der Waals surface area (Å²) in [5, 5.41) is 0.499. The molecule has 0 spiro atoms. The molecule has 49 heavy (non-hydrogen) atoms. The first kappa shape index (κ1) is 33.5. The van der Waals surface area contributed by atoms with Gasteiger partial charge in [-0.1, -0.05) is 78.9 Å². The fraction of sp³-hybridized carbons (Fsp3) is 0.200. The van der Waals surface area contributed by atoms with Crippen molar-refractivity contribution in [1.82, 2.24) is 9.47 Å². The Labute approximate surface area is 289 Å². The Bertz CT molecular complexity index is 2030. The van der Waals surface area contributed by atoms with E-state index in [1.807, 2.05) is 89.5 Å². The molecule has 8 nitrogen and oxygen atoms in total. The Morgan fingerprint density at radius 1 is 0.755 bits per heavy atom. The molecule has 0 amide bonds. The van der Waals surface area contributed by atoms with E-state index in [9.17, 15) is 9.59 Å². The maximum Gasteiger partial charge on any atom is 0.514 e. The third kappa shape index (κ3) is 7.85. The summed E-state index contributed by atoms with van der Waals surface area (Å²) in [5.74, 6) is 1.35. The Hall–Kier alpha value is -5.38. The number of pyridine rings is 1. The summed E-state index contributed by atoms with van der Waals surface area (Å²) in [6.07, 6.45) is 0.669. The SMILES string of the molecule is CCOC(=O)Oc1cn(Cc2ccccc2OC)c2sc(-c3ccc(OC)cc3)c(CN(Cc3ccccc3)Cc3ccccc3)c2c1=O. The predicted octanol–water partition coefficient (Wildman–Crippen LogP) is 8.53. The molecule has 0 radical (unpaired) electrons. The molecule has 0 saturated heterocycles. The summed E-state index contributed by atoms with van der Waals surface area (Å²) in [6, 6.07) is 36.2. The highest BCUT2D eigenvalue weighted by atomic mass is 32.1. The van der Waals surface area contributed by atoms with E-state index >= 15 is 0 Å². The van der Waals surface area contributed by atoms with Gasteiger partial charge in [-0.05, 0) is 59.5 Å². The van der Waals surface area contributed by atoms with E-state index in [0.717, 1.165) is 43.3 Å². The van der Waals surface area contributed by atoms with Crippen molar-refractivity contribution in [1.29, 1.82) is 0 Å². The van der Waals surface area contributed by atoms with E-state index in [0.29, 0.717) is 37.3 Å². The number of rotatable bonds is 13. The molecule has 4 aromatic carbocycles. The lowest BCUT2D eigenvalue weighted by Gasteiger charge is -2.23. The summed E-state index contributed by atoms with van der Waals surface area (Å²) >= 11 is 1.54. The van der Waals surface area contributed by atoms with Crippen LogP contribution in [0.25, 0.3) is 20.7 Å². The first-order valence-electron chi connectivity index (χ1n) is 16.1. The lowest BCUT2D eigenvalue weighted by molar-refractivity contribution is 0.104. The molecule has 0 unspecified atom stereocenters. The third-order valence-corrected chi connectivity index (χ3v) is 9.51. The number of benzene rings is 4. The number of nitrogens with zero attached hydrogens (tertiary/aromatic N) is 2. The molecule has 6 aromatic rings. The monoisotopic (exact) mass is 674 g/mol. The summed E-state index contributed by atoms with van der Waals surface area (Å²) in [5.41, 5.74) is 4.66. The highest BCUT2D eigenvalue weighted by Gasteiger charge is 2.25.